The van der Waals surface area contributed by atoms with Gasteiger partial charge in [-0.05, 0) is 50.2 Å². The summed E-state index contributed by atoms with van der Waals surface area (Å²) in [6.07, 6.45) is 1.03. The normalized spacial score (nSPS) is 24.8. The molecule has 2 rings (SSSR count). The molecule has 0 spiro atoms. The Morgan fingerprint density at radius 1 is 1.39 bits per heavy atom. The molecule has 18 heavy (non-hydrogen) atoms. The second-order valence-corrected chi connectivity index (χ2v) is 6.03. The molecule has 4 heteroatoms. The molecule has 3 nitrogen and oxygen atoms in total. The van der Waals surface area contributed by atoms with Crippen LogP contribution in [0.4, 0.5) is 0 Å². The Labute approximate surface area is 117 Å². The van der Waals surface area contributed by atoms with Crippen LogP contribution in [0.5, 0.6) is 0 Å². The third-order valence-electron chi connectivity index (χ3n) is 3.53. The van der Waals surface area contributed by atoms with Crippen LogP contribution in [0.25, 0.3) is 0 Å². The van der Waals surface area contributed by atoms with Gasteiger partial charge in [0.15, 0.2) is 0 Å². The predicted molar refractivity (Wildman–Crippen MR) is 76.7 cm³/mol. The summed E-state index contributed by atoms with van der Waals surface area (Å²) in [5, 5.41) is 3.14. The number of nitrogens with one attached hydrogen (secondary N) is 1. The van der Waals surface area contributed by atoms with Crippen LogP contribution < -0.4 is 5.32 Å². The molecule has 0 radical (unpaired) electrons. The highest BCUT2D eigenvalue weighted by Gasteiger charge is 2.25. The van der Waals surface area contributed by atoms with E-state index in [9.17, 15) is 4.79 Å². The van der Waals surface area contributed by atoms with Crippen molar-refractivity contribution in [3.05, 3.63) is 34.3 Å². The number of halogens is 1. The number of amides is 1. The maximum atomic E-state index is 12.1. The van der Waals surface area contributed by atoms with E-state index >= 15 is 0 Å². The highest BCUT2D eigenvalue weighted by atomic mass is 79.9. The van der Waals surface area contributed by atoms with Crippen LogP contribution >= 0.6 is 15.9 Å². The predicted octanol–water partition coefficient (Wildman–Crippen LogP) is 2.52. The molecule has 0 aromatic heterocycles. The molecular formula is C14H19BrN2O. The molecule has 0 saturated carbocycles. The second-order valence-electron chi connectivity index (χ2n) is 5.12. The maximum Gasteiger partial charge on any atom is 0.251 e. The van der Waals surface area contributed by atoms with E-state index in [0.717, 1.165) is 29.5 Å². The standard InChI is InChI=1S/C14H19BrN2O/c1-10-9-17(2)8-7-13(10)16-14(18)11-3-5-12(15)6-4-11/h3-6,10,13H,7-9H2,1-2H3,(H,16,18). The lowest BCUT2D eigenvalue weighted by molar-refractivity contribution is 0.0884. The van der Waals surface area contributed by atoms with Gasteiger partial charge >= 0.3 is 0 Å². The molecule has 1 aliphatic heterocycles. The van der Waals surface area contributed by atoms with Gasteiger partial charge in [-0.3, -0.25) is 4.79 Å². The molecule has 1 aromatic rings. The fourth-order valence-corrected chi connectivity index (χ4v) is 2.69. The number of rotatable bonds is 2. The lowest BCUT2D eigenvalue weighted by Gasteiger charge is -2.35. The summed E-state index contributed by atoms with van der Waals surface area (Å²) in [5.74, 6) is 0.534. The van der Waals surface area contributed by atoms with Gasteiger partial charge in [0.25, 0.3) is 5.91 Å². The summed E-state index contributed by atoms with van der Waals surface area (Å²) in [4.78, 5) is 14.4. The topological polar surface area (TPSA) is 32.3 Å². The molecule has 2 unspecified atom stereocenters. The van der Waals surface area contributed by atoms with Crippen LogP contribution in [-0.2, 0) is 0 Å². The average Bonchev–Trinajstić information content (AvgIpc) is 2.33. The molecule has 1 aliphatic rings. The second kappa shape index (κ2) is 5.85. The van der Waals surface area contributed by atoms with Crippen LogP contribution in [0.2, 0.25) is 0 Å². The summed E-state index contributed by atoms with van der Waals surface area (Å²) in [6, 6.07) is 7.77. The third kappa shape index (κ3) is 3.33. The van der Waals surface area contributed by atoms with Crippen molar-refractivity contribution in [1.82, 2.24) is 10.2 Å². The fraction of sp³-hybridized carbons (Fsp3) is 0.500. The smallest absolute Gasteiger partial charge is 0.251 e. The van der Waals surface area contributed by atoms with E-state index in [2.05, 4.69) is 40.1 Å². The van der Waals surface area contributed by atoms with Crippen LogP contribution in [0.1, 0.15) is 23.7 Å². The van der Waals surface area contributed by atoms with E-state index in [4.69, 9.17) is 0 Å². The molecule has 2 atom stereocenters. The number of hydrogen-bond donors (Lipinski definition) is 1. The number of carbonyl (C=O) groups is 1. The van der Waals surface area contributed by atoms with E-state index in [-0.39, 0.29) is 11.9 Å². The van der Waals surface area contributed by atoms with Crippen molar-refractivity contribution in [2.24, 2.45) is 5.92 Å². The van der Waals surface area contributed by atoms with Gasteiger partial charge in [0.2, 0.25) is 0 Å². The third-order valence-corrected chi connectivity index (χ3v) is 4.06. The summed E-state index contributed by atoms with van der Waals surface area (Å²) < 4.78 is 0.992. The van der Waals surface area contributed by atoms with E-state index in [1.54, 1.807) is 0 Å². The SMILES string of the molecule is CC1CN(C)CCC1NC(=O)c1ccc(Br)cc1. The number of carbonyl (C=O) groups excluding carboxylic acids is 1. The Kier molecular flexibility index (Phi) is 4.40. The highest BCUT2D eigenvalue weighted by molar-refractivity contribution is 9.10. The van der Waals surface area contributed by atoms with Crippen LogP contribution in [0.15, 0.2) is 28.7 Å². The lowest BCUT2D eigenvalue weighted by atomic mass is 9.94. The first-order valence-corrected chi connectivity index (χ1v) is 7.10. The Balaban J connectivity index is 1.97. The van der Waals surface area contributed by atoms with Gasteiger partial charge in [-0.15, -0.1) is 0 Å². The minimum atomic E-state index is 0.0314. The van der Waals surface area contributed by atoms with Gasteiger partial charge < -0.3 is 10.2 Å². The maximum absolute atomic E-state index is 12.1. The minimum absolute atomic E-state index is 0.0314. The number of nitrogens with zero attached hydrogens (tertiary/aromatic N) is 1. The van der Waals surface area contributed by atoms with Gasteiger partial charge in [0.05, 0.1) is 0 Å². The summed E-state index contributed by atoms with van der Waals surface area (Å²) in [6.45, 7) is 4.29. The summed E-state index contributed by atoms with van der Waals surface area (Å²) >= 11 is 3.37. The quantitative estimate of drug-likeness (QED) is 0.910. The molecule has 1 N–H and O–H groups in total. The Hall–Kier alpha value is -0.870. The van der Waals surface area contributed by atoms with Crippen molar-refractivity contribution in [3.63, 3.8) is 0 Å². The van der Waals surface area contributed by atoms with E-state index in [0.29, 0.717) is 5.92 Å². The van der Waals surface area contributed by atoms with Crippen molar-refractivity contribution in [2.75, 3.05) is 20.1 Å². The molecule has 1 amide bonds. The molecule has 0 bridgehead atoms. The Morgan fingerprint density at radius 2 is 2.06 bits per heavy atom. The zero-order valence-electron chi connectivity index (χ0n) is 10.8. The molecule has 1 fully saturated rings. The highest BCUT2D eigenvalue weighted by Crippen LogP contribution is 2.16. The largest absolute Gasteiger partial charge is 0.349 e. The molecule has 1 saturated heterocycles. The zero-order chi connectivity index (χ0) is 13.1. The van der Waals surface area contributed by atoms with E-state index in [1.165, 1.54) is 0 Å². The van der Waals surface area contributed by atoms with Crippen molar-refractivity contribution >= 4 is 21.8 Å². The van der Waals surface area contributed by atoms with E-state index in [1.807, 2.05) is 24.3 Å². The first-order chi connectivity index (χ1) is 8.56. The van der Waals surface area contributed by atoms with Crippen LogP contribution in [0.3, 0.4) is 0 Å². The zero-order valence-corrected chi connectivity index (χ0v) is 12.4. The first-order valence-electron chi connectivity index (χ1n) is 6.31. The summed E-state index contributed by atoms with van der Waals surface area (Å²) in [5.41, 5.74) is 0.726. The molecule has 0 aliphatic carbocycles. The van der Waals surface area contributed by atoms with Crippen LogP contribution in [0, 0.1) is 5.92 Å². The summed E-state index contributed by atoms with van der Waals surface area (Å²) in [7, 11) is 2.13. The first kappa shape index (κ1) is 13.6. The van der Waals surface area contributed by atoms with Gasteiger partial charge in [-0.25, -0.2) is 0 Å². The number of piperidine rings is 1. The fourth-order valence-electron chi connectivity index (χ4n) is 2.42. The molecule has 1 heterocycles. The van der Waals surface area contributed by atoms with Gasteiger partial charge in [0, 0.05) is 22.6 Å². The Bertz CT molecular complexity index is 418. The number of hydrogen-bond acceptors (Lipinski definition) is 2. The van der Waals surface area contributed by atoms with Crippen molar-refractivity contribution in [2.45, 2.75) is 19.4 Å². The van der Waals surface area contributed by atoms with Crippen LogP contribution in [-0.4, -0.2) is 37.0 Å². The van der Waals surface area contributed by atoms with Gasteiger partial charge in [-0.2, -0.15) is 0 Å². The molecule has 1 aromatic carbocycles. The van der Waals surface area contributed by atoms with Crippen molar-refractivity contribution in [3.8, 4) is 0 Å². The average molecular weight is 311 g/mol. The molecular weight excluding hydrogens is 292 g/mol. The minimum Gasteiger partial charge on any atom is -0.349 e. The van der Waals surface area contributed by atoms with Crippen molar-refractivity contribution < 1.29 is 4.79 Å². The van der Waals surface area contributed by atoms with Gasteiger partial charge in [-0.1, -0.05) is 22.9 Å². The lowest BCUT2D eigenvalue weighted by Crippen LogP contribution is -2.48. The monoisotopic (exact) mass is 310 g/mol. The van der Waals surface area contributed by atoms with Gasteiger partial charge in [0.1, 0.15) is 0 Å². The number of likely N-dealkylation sites (tertiary alicyclic amines) is 1. The Morgan fingerprint density at radius 3 is 2.67 bits per heavy atom. The van der Waals surface area contributed by atoms with Crippen molar-refractivity contribution in [1.29, 1.82) is 0 Å². The molecule has 98 valence electrons. The number of benzene rings is 1. The van der Waals surface area contributed by atoms with E-state index < -0.39 is 0 Å².